The Morgan fingerprint density at radius 1 is 1.00 bits per heavy atom. The summed E-state index contributed by atoms with van der Waals surface area (Å²) < 4.78 is 7.76. The average Bonchev–Trinajstić information content (AvgIpc) is 3.26. The molecule has 9 nitrogen and oxygen atoms in total. The van der Waals surface area contributed by atoms with E-state index >= 15 is 0 Å². The number of ether oxygens (including phenoxy) is 1. The summed E-state index contributed by atoms with van der Waals surface area (Å²) in [7, 11) is 0. The van der Waals surface area contributed by atoms with E-state index in [4.69, 9.17) is 9.84 Å². The molecule has 3 aromatic heterocycles. The number of rotatable bonds is 7. The Bertz CT molecular complexity index is 1510. The molecule has 0 atom stereocenters. The van der Waals surface area contributed by atoms with Gasteiger partial charge >= 0.3 is 5.97 Å². The highest BCUT2D eigenvalue weighted by Crippen LogP contribution is 2.29. The molecule has 0 amide bonds. The van der Waals surface area contributed by atoms with Crippen LogP contribution in [-0.4, -0.2) is 35.8 Å². The lowest BCUT2D eigenvalue weighted by Crippen LogP contribution is -2.05. The Morgan fingerprint density at radius 3 is 2.54 bits per heavy atom. The maximum atomic E-state index is 11.1. The van der Waals surface area contributed by atoms with Crippen molar-refractivity contribution in [3.05, 3.63) is 95.7 Å². The summed E-state index contributed by atoms with van der Waals surface area (Å²) >= 11 is 0. The number of aryl methyl sites for hydroxylation is 2. The number of nitrogens with one attached hydrogen (secondary N) is 1. The molecule has 0 aliphatic rings. The molecule has 0 saturated heterocycles. The first kappa shape index (κ1) is 22.0. The first-order valence-electron chi connectivity index (χ1n) is 10.9. The number of aromatic nitrogens is 5. The minimum Gasteiger partial charge on any atom is -0.478 e. The highest BCUT2D eigenvalue weighted by atomic mass is 16.5. The predicted molar refractivity (Wildman–Crippen MR) is 131 cm³/mol. The van der Waals surface area contributed by atoms with Crippen molar-refractivity contribution >= 4 is 28.5 Å². The molecule has 5 aromatic rings. The maximum absolute atomic E-state index is 11.1. The van der Waals surface area contributed by atoms with E-state index in [1.807, 2.05) is 44.2 Å². The van der Waals surface area contributed by atoms with Gasteiger partial charge in [0.2, 0.25) is 0 Å². The van der Waals surface area contributed by atoms with E-state index in [1.54, 1.807) is 41.3 Å². The fourth-order valence-corrected chi connectivity index (χ4v) is 3.68. The molecule has 5 rings (SSSR count). The molecule has 0 saturated carbocycles. The molecule has 0 aliphatic carbocycles. The van der Waals surface area contributed by atoms with Gasteiger partial charge in [-0.15, -0.1) is 0 Å². The van der Waals surface area contributed by atoms with Crippen LogP contribution in [0.15, 0.2) is 73.3 Å². The van der Waals surface area contributed by atoms with E-state index in [1.165, 1.54) is 6.33 Å². The third-order valence-electron chi connectivity index (χ3n) is 5.51. The number of benzene rings is 2. The van der Waals surface area contributed by atoms with Gasteiger partial charge in [-0.3, -0.25) is 9.67 Å². The van der Waals surface area contributed by atoms with Gasteiger partial charge in [0.1, 0.15) is 28.9 Å². The van der Waals surface area contributed by atoms with Crippen LogP contribution in [0.5, 0.6) is 11.5 Å². The fraction of sp³-hybridized carbons (Fsp3) is 0.115. The van der Waals surface area contributed by atoms with Gasteiger partial charge in [-0.25, -0.2) is 14.8 Å². The smallest absolute Gasteiger partial charge is 0.335 e. The molecule has 174 valence electrons. The second kappa shape index (κ2) is 9.22. The van der Waals surface area contributed by atoms with Gasteiger partial charge < -0.3 is 15.2 Å². The summed E-state index contributed by atoms with van der Waals surface area (Å²) in [6, 6.07) is 16.3. The number of pyridine rings is 1. The van der Waals surface area contributed by atoms with E-state index < -0.39 is 5.97 Å². The Morgan fingerprint density at radius 2 is 1.83 bits per heavy atom. The van der Waals surface area contributed by atoms with Crippen LogP contribution in [0.25, 0.3) is 11.0 Å². The summed E-state index contributed by atoms with van der Waals surface area (Å²) in [6.45, 7) is 4.35. The summed E-state index contributed by atoms with van der Waals surface area (Å²) in [5.41, 5.74) is 5.33. The van der Waals surface area contributed by atoms with E-state index in [0.29, 0.717) is 23.6 Å². The number of fused-ring (bicyclic) bond motifs is 1. The SMILES string of the molecule is Cc1ccc(Oc2ccc(Nc3ncnc4cnn(Cc5ccc(C(=O)O)cc5)c34)cc2C)cn1. The summed E-state index contributed by atoms with van der Waals surface area (Å²) in [6.07, 6.45) is 4.88. The van der Waals surface area contributed by atoms with Crippen molar-refractivity contribution in [2.45, 2.75) is 20.4 Å². The van der Waals surface area contributed by atoms with Gasteiger partial charge in [0, 0.05) is 11.4 Å². The number of nitrogens with zero attached hydrogens (tertiary/aromatic N) is 5. The number of hydrogen-bond acceptors (Lipinski definition) is 7. The van der Waals surface area contributed by atoms with Gasteiger partial charge in [0.15, 0.2) is 5.82 Å². The zero-order valence-corrected chi connectivity index (χ0v) is 19.1. The van der Waals surface area contributed by atoms with Gasteiger partial charge in [-0.2, -0.15) is 5.10 Å². The molecule has 2 N–H and O–H groups in total. The largest absolute Gasteiger partial charge is 0.478 e. The van der Waals surface area contributed by atoms with Crippen LogP contribution < -0.4 is 10.1 Å². The van der Waals surface area contributed by atoms with Gasteiger partial charge in [-0.05, 0) is 67.4 Å². The molecule has 3 heterocycles. The van der Waals surface area contributed by atoms with Crippen molar-refractivity contribution in [1.29, 1.82) is 0 Å². The van der Waals surface area contributed by atoms with E-state index in [2.05, 4.69) is 25.4 Å². The van der Waals surface area contributed by atoms with Crippen molar-refractivity contribution in [1.82, 2.24) is 24.7 Å². The molecular weight excluding hydrogens is 444 g/mol. The van der Waals surface area contributed by atoms with E-state index in [-0.39, 0.29) is 5.56 Å². The van der Waals surface area contributed by atoms with Gasteiger partial charge in [0.05, 0.1) is 24.5 Å². The molecule has 0 unspecified atom stereocenters. The van der Waals surface area contributed by atoms with Crippen LogP contribution in [0, 0.1) is 13.8 Å². The summed E-state index contributed by atoms with van der Waals surface area (Å²) in [5.74, 6) is 1.08. The first-order chi connectivity index (χ1) is 17.0. The minimum absolute atomic E-state index is 0.242. The lowest BCUT2D eigenvalue weighted by atomic mass is 10.1. The Kier molecular flexibility index (Phi) is 5.80. The van der Waals surface area contributed by atoms with Gasteiger partial charge in [0.25, 0.3) is 0 Å². The predicted octanol–water partition coefficient (Wildman–Crippen LogP) is 5.12. The highest BCUT2D eigenvalue weighted by molar-refractivity contribution is 5.88. The third kappa shape index (κ3) is 4.79. The standard InChI is InChI=1S/C26H22N6O3/c1-16-11-20(8-10-23(16)35-21-9-3-17(2)27-12-21)31-25-24-22(28-15-29-25)13-30-32(24)14-18-4-6-19(7-5-18)26(33)34/h3-13,15H,14H2,1-2H3,(H,33,34)(H,28,29,31). The topological polar surface area (TPSA) is 115 Å². The van der Waals surface area contributed by atoms with Crippen LogP contribution in [0.1, 0.15) is 27.2 Å². The first-order valence-corrected chi connectivity index (χ1v) is 10.9. The Labute approximate surface area is 201 Å². The highest BCUT2D eigenvalue weighted by Gasteiger charge is 2.13. The lowest BCUT2D eigenvalue weighted by Gasteiger charge is -2.13. The van der Waals surface area contributed by atoms with Crippen LogP contribution in [-0.2, 0) is 6.54 Å². The van der Waals surface area contributed by atoms with Crippen LogP contribution in [0.4, 0.5) is 11.5 Å². The average molecular weight is 467 g/mol. The van der Waals surface area contributed by atoms with Crippen LogP contribution >= 0.6 is 0 Å². The second-order valence-electron chi connectivity index (χ2n) is 8.10. The monoisotopic (exact) mass is 466 g/mol. The van der Waals surface area contributed by atoms with Crippen molar-refractivity contribution in [2.24, 2.45) is 0 Å². The number of carbonyl (C=O) groups is 1. The van der Waals surface area contributed by atoms with Crippen molar-refractivity contribution in [3.63, 3.8) is 0 Å². The molecular formula is C26H22N6O3. The van der Waals surface area contributed by atoms with Crippen LogP contribution in [0.2, 0.25) is 0 Å². The Hall–Kier alpha value is -4.79. The third-order valence-corrected chi connectivity index (χ3v) is 5.51. The van der Waals surface area contributed by atoms with Gasteiger partial charge in [-0.1, -0.05) is 12.1 Å². The number of anilines is 2. The Balaban J connectivity index is 1.39. The van der Waals surface area contributed by atoms with Crippen molar-refractivity contribution in [3.8, 4) is 11.5 Å². The molecule has 0 bridgehead atoms. The summed E-state index contributed by atoms with van der Waals surface area (Å²) in [5, 5.41) is 16.9. The summed E-state index contributed by atoms with van der Waals surface area (Å²) in [4.78, 5) is 24.2. The maximum Gasteiger partial charge on any atom is 0.335 e. The molecule has 0 fully saturated rings. The molecule has 2 aromatic carbocycles. The second-order valence-corrected chi connectivity index (χ2v) is 8.10. The number of hydrogen-bond donors (Lipinski definition) is 2. The quantitative estimate of drug-likeness (QED) is 0.340. The van der Waals surface area contributed by atoms with Crippen molar-refractivity contribution in [2.75, 3.05) is 5.32 Å². The molecule has 0 radical (unpaired) electrons. The lowest BCUT2D eigenvalue weighted by molar-refractivity contribution is 0.0697. The zero-order valence-electron chi connectivity index (χ0n) is 19.1. The fourth-order valence-electron chi connectivity index (χ4n) is 3.68. The van der Waals surface area contributed by atoms with Crippen molar-refractivity contribution < 1.29 is 14.6 Å². The molecule has 0 spiro atoms. The normalized spacial score (nSPS) is 10.9. The molecule has 9 heteroatoms. The number of aromatic carboxylic acids is 1. The molecule has 35 heavy (non-hydrogen) atoms. The number of carboxylic acids is 1. The zero-order chi connectivity index (χ0) is 24.4. The van der Waals surface area contributed by atoms with E-state index in [9.17, 15) is 4.79 Å². The van der Waals surface area contributed by atoms with Crippen LogP contribution in [0.3, 0.4) is 0 Å². The minimum atomic E-state index is -0.955. The van der Waals surface area contributed by atoms with E-state index in [0.717, 1.165) is 33.8 Å². The number of carboxylic acid groups (broad SMARTS) is 1. The molecule has 0 aliphatic heterocycles.